The number of hydrogen-bond donors (Lipinski definition) is 0. The van der Waals surface area contributed by atoms with Crippen molar-refractivity contribution in [2.24, 2.45) is 0 Å². The maximum atomic E-state index is 5.91. The van der Waals surface area contributed by atoms with Gasteiger partial charge in [0.25, 0.3) is 0 Å². The van der Waals surface area contributed by atoms with E-state index in [9.17, 15) is 0 Å². The number of nitrogens with zero attached hydrogens (tertiary/aromatic N) is 2. The van der Waals surface area contributed by atoms with Crippen LogP contribution < -0.4 is 0 Å². The molecule has 4 aromatic carbocycles. The molecule has 2 heterocycles. The smallest absolute Gasteiger partial charge is 0.168 e. The van der Waals surface area contributed by atoms with Crippen LogP contribution in [0.5, 0.6) is 0 Å². The molecule has 0 amide bonds. The summed E-state index contributed by atoms with van der Waals surface area (Å²) in [6.07, 6.45) is 8.60. The van der Waals surface area contributed by atoms with E-state index in [0.717, 1.165) is 104 Å². The van der Waals surface area contributed by atoms with Crippen molar-refractivity contribution in [3.8, 4) is 0 Å². The first kappa shape index (κ1) is 35.1. The Morgan fingerprint density at radius 1 is 0.380 bits per heavy atom. The normalized spacial score (nSPS) is 21.4. The van der Waals surface area contributed by atoms with Crippen molar-refractivity contribution in [2.45, 2.75) is 101 Å². The average Bonchev–Trinajstić information content (AvgIpc) is 3.83. The zero-order valence-corrected chi connectivity index (χ0v) is 29.5. The third-order valence-electron chi connectivity index (χ3n) is 11.0. The lowest BCUT2D eigenvalue weighted by molar-refractivity contribution is -0.184. The van der Waals surface area contributed by atoms with E-state index in [1.54, 1.807) is 0 Å². The molecule has 8 rings (SSSR count). The van der Waals surface area contributed by atoms with Gasteiger partial charge in [-0.15, -0.1) is 0 Å². The van der Waals surface area contributed by atoms with Crippen LogP contribution in [0.15, 0.2) is 121 Å². The highest BCUT2D eigenvalue weighted by Gasteiger charge is 2.42. The van der Waals surface area contributed by atoms with Gasteiger partial charge in [-0.3, -0.25) is 9.80 Å². The zero-order valence-electron chi connectivity index (χ0n) is 29.5. The van der Waals surface area contributed by atoms with Crippen LogP contribution in [0, 0.1) is 0 Å². The van der Waals surface area contributed by atoms with Gasteiger partial charge in [-0.2, -0.15) is 0 Å². The Bertz CT molecular complexity index is 1320. The van der Waals surface area contributed by atoms with Crippen molar-refractivity contribution < 1.29 is 18.9 Å². The minimum atomic E-state index is -0.276. The zero-order chi connectivity index (χ0) is 33.9. The summed E-state index contributed by atoms with van der Waals surface area (Å²) in [5, 5.41) is 0. The van der Waals surface area contributed by atoms with E-state index < -0.39 is 0 Å². The summed E-state index contributed by atoms with van der Waals surface area (Å²) in [5.41, 5.74) is 5.53. The molecule has 6 heteroatoms. The lowest BCUT2D eigenvalue weighted by Gasteiger charge is -2.40. The quantitative estimate of drug-likeness (QED) is 0.168. The minimum Gasteiger partial charge on any atom is -0.348 e. The molecule has 2 saturated heterocycles. The largest absolute Gasteiger partial charge is 0.348 e. The van der Waals surface area contributed by atoms with E-state index in [1.807, 2.05) is 0 Å². The summed E-state index contributed by atoms with van der Waals surface area (Å²) >= 11 is 0. The second-order valence-electron chi connectivity index (χ2n) is 14.4. The molecule has 2 saturated carbocycles. The molecule has 4 fully saturated rings. The van der Waals surface area contributed by atoms with Gasteiger partial charge in [-0.05, 0) is 47.9 Å². The lowest BCUT2D eigenvalue weighted by atomic mass is 9.88. The molecule has 50 heavy (non-hydrogen) atoms. The van der Waals surface area contributed by atoms with Crippen LogP contribution in [0.25, 0.3) is 0 Å². The molecule has 0 atom stereocenters. The topological polar surface area (TPSA) is 43.4 Å². The molecule has 0 N–H and O–H groups in total. The third kappa shape index (κ3) is 9.49. The number of hydrogen-bond acceptors (Lipinski definition) is 6. The van der Waals surface area contributed by atoms with Crippen LogP contribution in [-0.2, 0) is 45.1 Å². The van der Waals surface area contributed by atoms with Crippen LogP contribution in [0.1, 0.15) is 73.6 Å². The molecule has 0 bridgehead atoms. The second-order valence-corrected chi connectivity index (χ2v) is 14.4. The highest BCUT2D eigenvalue weighted by atomic mass is 16.7. The van der Waals surface area contributed by atoms with Crippen LogP contribution in [-0.4, -0.2) is 59.9 Å². The maximum Gasteiger partial charge on any atom is 0.168 e. The van der Waals surface area contributed by atoms with Crippen molar-refractivity contribution in [1.29, 1.82) is 0 Å². The van der Waals surface area contributed by atoms with Gasteiger partial charge in [0.2, 0.25) is 0 Å². The summed E-state index contributed by atoms with van der Waals surface area (Å²) < 4.78 is 23.6. The Labute approximate surface area is 299 Å². The highest BCUT2D eigenvalue weighted by Crippen LogP contribution is 2.39. The molecular formula is C44H54N2O4. The van der Waals surface area contributed by atoms with Crippen LogP contribution in [0.4, 0.5) is 0 Å². The van der Waals surface area contributed by atoms with Gasteiger partial charge >= 0.3 is 0 Å². The first-order valence-electron chi connectivity index (χ1n) is 18.9. The summed E-state index contributed by atoms with van der Waals surface area (Å²) in [7, 11) is 0. The molecule has 0 unspecified atom stereocenters. The van der Waals surface area contributed by atoms with Gasteiger partial charge < -0.3 is 18.9 Å². The van der Waals surface area contributed by atoms with E-state index >= 15 is 0 Å². The van der Waals surface area contributed by atoms with Crippen molar-refractivity contribution in [2.75, 3.05) is 26.4 Å². The summed E-state index contributed by atoms with van der Waals surface area (Å²) in [5.74, 6) is -0.552. The Hall–Kier alpha value is -3.36. The molecule has 4 aromatic rings. The Morgan fingerprint density at radius 2 is 0.620 bits per heavy atom. The molecule has 4 aliphatic rings. The molecule has 2 spiro atoms. The van der Waals surface area contributed by atoms with Crippen LogP contribution in [0.2, 0.25) is 0 Å². The fourth-order valence-corrected chi connectivity index (χ4v) is 8.29. The average molecular weight is 675 g/mol. The van der Waals surface area contributed by atoms with Crippen LogP contribution >= 0.6 is 0 Å². The third-order valence-corrected chi connectivity index (χ3v) is 11.0. The van der Waals surface area contributed by atoms with Crippen LogP contribution in [0.3, 0.4) is 0 Å². The molecule has 264 valence electrons. The van der Waals surface area contributed by atoms with Gasteiger partial charge in [0.15, 0.2) is 11.6 Å². The second kappa shape index (κ2) is 17.2. The van der Waals surface area contributed by atoms with Crippen molar-refractivity contribution >= 4 is 0 Å². The minimum absolute atomic E-state index is 0.276. The van der Waals surface area contributed by atoms with Crippen molar-refractivity contribution in [3.63, 3.8) is 0 Å². The fraction of sp³-hybridized carbons (Fsp3) is 0.455. The standard InChI is InChI=1S/2C22H27NO2/c2*1-3-7-19(8-4-1)17-23(18-20-9-5-2-6-10-20)21-11-13-22(14-12-21)24-15-16-25-22/h2*1-10,21H,11-18H2. The summed E-state index contributed by atoms with van der Waals surface area (Å²) in [6.45, 7) is 6.99. The number of benzene rings is 4. The first-order valence-corrected chi connectivity index (χ1v) is 18.9. The number of ether oxygens (including phenoxy) is 4. The van der Waals surface area contributed by atoms with Crippen molar-refractivity contribution in [1.82, 2.24) is 9.80 Å². The Morgan fingerprint density at radius 3 is 0.860 bits per heavy atom. The van der Waals surface area contributed by atoms with Gasteiger partial charge in [0.05, 0.1) is 26.4 Å². The van der Waals surface area contributed by atoms with Gasteiger partial charge in [0.1, 0.15) is 0 Å². The van der Waals surface area contributed by atoms with E-state index in [1.165, 1.54) is 22.3 Å². The lowest BCUT2D eigenvalue weighted by Crippen LogP contribution is -2.43. The van der Waals surface area contributed by atoms with E-state index in [0.29, 0.717) is 12.1 Å². The predicted octanol–water partition coefficient (Wildman–Crippen LogP) is 8.75. The van der Waals surface area contributed by atoms with E-state index in [-0.39, 0.29) is 11.6 Å². The molecule has 6 nitrogen and oxygen atoms in total. The SMILES string of the molecule is c1ccc(CN(Cc2ccccc2)C2CCC3(CC2)OCCO3)cc1.c1ccc(CN(Cc2ccccc2)C2CCC3(CC2)OCCO3)cc1. The Balaban J connectivity index is 0.000000157. The maximum absolute atomic E-state index is 5.91. The summed E-state index contributed by atoms with van der Waals surface area (Å²) in [6, 6.07) is 44.4. The Kier molecular flexibility index (Phi) is 12.1. The number of rotatable bonds is 10. The molecule has 0 radical (unpaired) electrons. The first-order chi connectivity index (χ1) is 24.7. The molecule has 0 aromatic heterocycles. The van der Waals surface area contributed by atoms with E-state index in [4.69, 9.17) is 18.9 Å². The highest BCUT2D eigenvalue weighted by molar-refractivity contribution is 5.19. The van der Waals surface area contributed by atoms with Gasteiger partial charge in [0, 0.05) is 63.9 Å². The van der Waals surface area contributed by atoms with Gasteiger partial charge in [-0.25, -0.2) is 0 Å². The van der Waals surface area contributed by atoms with Gasteiger partial charge in [-0.1, -0.05) is 121 Å². The summed E-state index contributed by atoms with van der Waals surface area (Å²) in [4.78, 5) is 5.26. The monoisotopic (exact) mass is 674 g/mol. The molecular weight excluding hydrogens is 620 g/mol. The predicted molar refractivity (Wildman–Crippen MR) is 198 cm³/mol. The molecule has 2 aliphatic heterocycles. The fourth-order valence-electron chi connectivity index (χ4n) is 8.29. The molecule has 2 aliphatic carbocycles. The van der Waals surface area contributed by atoms with E-state index in [2.05, 4.69) is 131 Å². The van der Waals surface area contributed by atoms with Crippen molar-refractivity contribution in [3.05, 3.63) is 144 Å².